The number of furan rings is 1. The quantitative estimate of drug-likeness (QED) is 0.756. The van der Waals surface area contributed by atoms with E-state index < -0.39 is 0 Å². The van der Waals surface area contributed by atoms with Crippen molar-refractivity contribution in [1.82, 2.24) is 5.32 Å². The molecule has 0 fully saturated rings. The monoisotopic (exact) mass is 325 g/mol. The van der Waals surface area contributed by atoms with Crippen LogP contribution >= 0.6 is 11.6 Å². The second-order valence-electron chi connectivity index (χ2n) is 5.23. The average molecular weight is 326 g/mol. The SMILES string of the molecule is O=C(Cc1ccc(Cl)cc1)N[C@@H](c1ccccc1)c1ccco1. The zero-order valence-corrected chi connectivity index (χ0v) is 13.2. The van der Waals surface area contributed by atoms with Gasteiger partial charge in [-0.05, 0) is 35.4 Å². The van der Waals surface area contributed by atoms with Crippen LogP contribution in [-0.2, 0) is 11.2 Å². The fourth-order valence-corrected chi connectivity index (χ4v) is 2.55. The zero-order chi connectivity index (χ0) is 16.1. The molecule has 0 aliphatic carbocycles. The van der Waals surface area contributed by atoms with Gasteiger partial charge in [0.25, 0.3) is 0 Å². The van der Waals surface area contributed by atoms with Gasteiger partial charge in [-0.25, -0.2) is 0 Å². The van der Waals surface area contributed by atoms with Gasteiger partial charge in [0.15, 0.2) is 0 Å². The molecule has 1 aromatic heterocycles. The highest BCUT2D eigenvalue weighted by Gasteiger charge is 2.19. The molecule has 0 bridgehead atoms. The Morgan fingerprint density at radius 2 is 1.74 bits per heavy atom. The maximum Gasteiger partial charge on any atom is 0.225 e. The van der Waals surface area contributed by atoms with E-state index in [4.69, 9.17) is 16.0 Å². The molecular weight excluding hydrogens is 310 g/mol. The highest BCUT2D eigenvalue weighted by Crippen LogP contribution is 2.22. The molecule has 1 atom stereocenters. The highest BCUT2D eigenvalue weighted by molar-refractivity contribution is 6.30. The lowest BCUT2D eigenvalue weighted by molar-refractivity contribution is -0.121. The van der Waals surface area contributed by atoms with E-state index in [1.807, 2.05) is 54.6 Å². The van der Waals surface area contributed by atoms with Crippen LogP contribution < -0.4 is 5.32 Å². The normalized spacial score (nSPS) is 11.9. The van der Waals surface area contributed by atoms with Crippen molar-refractivity contribution in [2.75, 3.05) is 0 Å². The molecule has 1 amide bonds. The molecule has 0 aliphatic heterocycles. The van der Waals surface area contributed by atoms with E-state index >= 15 is 0 Å². The first-order valence-corrected chi connectivity index (χ1v) is 7.72. The third-order valence-corrected chi connectivity index (χ3v) is 3.80. The molecule has 116 valence electrons. The number of amides is 1. The van der Waals surface area contributed by atoms with Crippen molar-refractivity contribution in [3.05, 3.63) is 94.9 Å². The van der Waals surface area contributed by atoms with E-state index in [1.165, 1.54) is 0 Å². The van der Waals surface area contributed by atoms with Crippen molar-refractivity contribution >= 4 is 17.5 Å². The van der Waals surface area contributed by atoms with Gasteiger partial charge in [0, 0.05) is 5.02 Å². The Hall–Kier alpha value is -2.52. The molecule has 1 N–H and O–H groups in total. The topological polar surface area (TPSA) is 42.2 Å². The summed E-state index contributed by atoms with van der Waals surface area (Å²) in [5, 5.41) is 3.69. The van der Waals surface area contributed by atoms with Crippen LogP contribution in [-0.4, -0.2) is 5.91 Å². The molecular formula is C19H16ClNO2. The van der Waals surface area contributed by atoms with Crippen LogP contribution in [0.3, 0.4) is 0 Å². The Balaban J connectivity index is 1.76. The number of halogens is 1. The van der Waals surface area contributed by atoms with Crippen molar-refractivity contribution in [3.8, 4) is 0 Å². The van der Waals surface area contributed by atoms with Crippen molar-refractivity contribution < 1.29 is 9.21 Å². The van der Waals surface area contributed by atoms with Gasteiger partial charge in [0.1, 0.15) is 11.8 Å². The van der Waals surface area contributed by atoms with Crippen molar-refractivity contribution in [2.45, 2.75) is 12.5 Å². The Bertz CT molecular complexity index is 752. The van der Waals surface area contributed by atoms with E-state index in [1.54, 1.807) is 18.4 Å². The summed E-state index contributed by atoms with van der Waals surface area (Å²) in [7, 11) is 0. The minimum atomic E-state index is -0.300. The van der Waals surface area contributed by atoms with Crippen molar-refractivity contribution in [3.63, 3.8) is 0 Å². The first kappa shape index (κ1) is 15.4. The zero-order valence-electron chi connectivity index (χ0n) is 12.4. The maximum atomic E-state index is 12.4. The number of hydrogen-bond acceptors (Lipinski definition) is 2. The summed E-state index contributed by atoms with van der Waals surface area (Å²) >= 11 is 5.87. The van der Waals surface area contributed by atoms with Crippen LogP contribution in [0.2, 0.25) is 5.02 Å². The standard InChI is InChI=1S/C19H16ClNO2/c20-16-10-8-14(9-11-16)13-18(22)21-19(17-7-4-12-23-17)15-5-2-1-3-6-15/h1-12,19H,13H2,(H,21,22)/t19-/m0/s1. The molecule has 3 aromatic rings. The minimum absolute atomic E-state index is 0.0717. The highest BCUT2D eigenvalue weighted by atomic mass is 35.5. The third kappa shape index (κ3) is 4.02. The Morgan fingerprint density at radius 3 is 2.39 bits per heavy atom. The van der Waals surface area contributed by atoms with Crippen LogP contribution in [0.5, 0.6) is 0 Å². The largest absolute Gasteiger partial charge is 0.467 e. The summed E-state index contributed by atoms with van der Waals surface area (Å²) in [5.74, 6) is 0.637. The second-order valence-corrected chi connectivity index (χ2v) is 5.67. The summed E-state index contributed by atoms with van der Waals surface area (Å²) in [6.07, 6.45) is 1.90. The number of rotatable bonds is 5. The molecule has 1 heterocycles. The van der Waals surface area contributed by atoms with E-state index in [0.29, 0.717) is 17.2 Å². The number of carbonyl (C=O) groups excluding carboxylic acids is 1. The van der Waals surface area contributed by atoms with E-state index in [-0.39, 0.29) is 11.9 Å². The number of hydrogen-bond donors (Lipinski definition) is 1. The number of carbonyl (C=O) groups is 1. The maximum absolute atomic E-state index is 12.4. The van der Waals surface area contributed by atoms with Gasteiger partial charge >= 0.3 is 0 Å². The molecule has 0 aliphatic rings. The van der Waals surface area contributed by atoms with Gasteiger partial charge in [0.05, 0.1) is 12.7 Å². The number of nitrogens with one attached hydrogen (secondary N) is 1. The van der Waals surface area contributed by atoms with Gasteiger partial charge in [-0.15, -0.1) is 0 Å². The van der Waals surface area contributed by atoms with Crippen LogP contribution in [0, 0.1) is 0 Å². The molecule has 0 saturated carbocycles. The lowest BCUT2D eigenvalue weighted by Gasteiger charge is -2.17. The fraction of sp³-hybridized carbons (Fsp3) is 0.105. The Kier molecular flexibility index (Phi) is 4.79. The molecule has 0 saturated heterocycles. The molecule has 0 spiro atoms. The average Bonchev–Trinajstić information content (AvgIpc) is 3.10. The molecule has 23 heavy (non-hydrogen) atoms. The number of benzene rings is 2. The summed E-state index contributed by atoms with van der Waals surface area (Å²) in [6.45, 7) is 0. The summed E-state index contributed by atoms with van der Waals surface area (Å²) in [4.78, 5) is 12.4. The molecule has 0 radical (unpaired) electrons. The molecule has 4 heteroatoms. The Labute approximate surface area is 139 Å². The lowest BCUT2D eigenvalue weighted by atomic mass is 10.0. The van der Waals surface area contributed by atoms with Crippen LogP contribution in [0.4, 0.5) is 0 Å². The van der Waals surface area contributed by atoms with Gasteiger partial charge in [-0.2, -0.15) is 0 Å². The molecule has 3 nitrogen and oxygen atoms in total. The molecule has 0 unspecified atom stereocenters. The van der Waals surface area contributed by atoms with Crippen molar-refractivity contribution in [2.24, 2.45) is 0 Å². The van der Waals surface area contributed by atoms with Gasteiger partial charge in [0.2, 0.25) is 5.91 Å². The fourth-order valence-electron chi connectivity index (χ4n) is 2.42. The smallest absolute Gasteiger partial charge is 0.225 e. The second kappa shape index (κ2) is 7.16. The first-order valence-electron chi connectivity index (χ1n) is 7.34. The first-order chi connectivity index (χ1) is 11.2. The van der Waals surface area contributed by atoms with Gasteiger partial charge in [-0.1, -0.05) is 54.1 Å². The Morgan fingerprint density at radius 1 is 1.00 bits per heavy atom. The van der Waals surface area contributed by atoms with E-state index in [9.17, 15) is 4.79 Å². The predicted octanol–water partition coefficient (Wildman–Crippen LogP) is 4.38. The van der Waals surface area contributed by atoms with Crippen LogP contribution in [0.25, 0.3) is 0 Å². The third-order valence-electron chi connectivity index (χ3n) is 3.54. The van der Waals surface area contributed by atoms with E-state index in [0.717, 1.165) is 11.1 Å². The summed E-state index contributed by atoms with van der Waals surface area (Å²) in [5.41, 5.74) is 1.89. The predicted molar refractivity (Wildman–Crippen MR) is 90.3 cm³/mol. The molecule has 3 rings (SSSR count). The summed E-state index contributed by atoms with van der Waals surface area (Å²) in [6, 6.07) is 20.4. The minimum Gasteiger partial charge on any atom is -0.467 e. The molecule has 2 aromatic carbocycles. The lowest BCUT2D eigenvalue weighted by Crippen LogP contribution is -2.30. The van der Waals surface area contributed by atoms with Crippen LogP contribution in [0.15, 0.2) is 77.4 Å². The summed E-state index contributed by atoms with van der Waals surface area (Å²) < 4.78 is 5.48. The van der Waals surface area contributed by atoms with Crippen LogP contribution in [0.1, 0.15) is 22.9 Å². The van der Waals surface area contributed by atoms with Gasteiger partial charge < -0.3 is 9.73 Å². The van der Waals surface area contributed by atoms with E-state index in [2.05, 4.69) is 5.32 Å². The van der Waals surface area contributed by atoms with Gasteiger partial charge in [-0.3, -0.25) is 4.79 Å². The van der Waals surface area contributed by atoms with Crippen molar-refractivity contribution in [1.29, 1.82) is 0 Å².